The molecular weight excluding hydrogens is 212 g/mol. The molecule has 1 amide bonds. The van der Waals surface area contributed by atoms with Crippen molar-refractivity contribution in [3.63, 3.8) is 0 Å². The lowest BCUT2D eigenvalue weighted by molar-refractivity contribution is -0.115. The van der Waals surface area contributed by atoms with Gasteiger partial charge in [-0.05, 0) is 49.4 Å². The molecule has 2 heterocycles. The van der Waals surface area contributed by atoms with Crippen molar-refractivity contribution in [1.82, 2.24) is 5.32 Å². The summed E-state index contributed by atoms with van der Waals surface area (Å²) in [6, 6.07) is 6.29. The molecule has 0 radical (unpaired) electrons. The first-order chi connectivity index (χ1) is 8.33. The number of para-hydroxylation sites is 1. The highest BCUT2D eigenvalue weighted by Gasteiger charge is 2.22. The predicted molar refractivity (Wildman–Crippen MR) is 68.1 cm³/mol. The zero-order chi connectivity index (χ0) is 11.7. The second-order valence-corrected chi connectivity index (χ2v) is 5.07. The average Bonchev–Trinajstić information content (AvgIpc) is 2.72. The number of anilines is 1. The number of piperidine rings is 1. The molecule has 0 atom stereocenters. The fourth-order valence-corrected chi connectivity index (χ4v) is 2.88. The van der Waals surface area contributed by atoms with Crippen LogP contribution in [0.1, 0.15) is 24.0 Å². The minimum absolute atomic E-state index is 0.137. The quantitative estimate of drug-likeness (QED) is 0.812. The van der Waals surface area contributed by atoms with Gasteiger partial charge in [-0.3, -0.25) is 4.79 Å². The molecule has 1 saturated heterocycles. The molecule has 90 valence electrons. The summed E-state index contributed by atoms with van der Waals surface area (Å²) in [5, 5.41) is 6.39. The normalized spacial score (nSPS) is 20.1. The Bertz CT molecular complexity index is 436. The van der Waals surface area contributed by atoms with Gasteiger partial charge in [0.25, 0.3) is 0 Å². The number of benzene rings is 1. The summed E-state index contributed by atoms with van der Waals surface area (Å²) in [5.41, 5.74) is 3.58. The van der Waals surface area contributed by atoms with Crippen LogP contribution in [0.3, 0.4) is 0 Å². The molecule has 0 aromatic heterocycles. The van der Waals surface area contributed by atoms with Gasteiger partial charge in [-0.1, -0.05) is 18.2 Å². The Morgan fingerprint density at radius 1 is 1.24 bits per heavy atom. The van der Waals surface area contributed by atoms with E-state index in [9.17, 15) is 4.79 Å². The van der Waals surface area contributed by atoms with Gasteiger partial charge >= 0.3 is 0 Å². The number of carbonyl (C=O) groups is 1. The van der Waals surface area contributed by atoms with Crippen LogP contribution in [0.25, 0.3) is 0 Å². The molecule has 0 aliphatic carbocycles. The van der Waals surface area contributed by atoms with Crippen LogP contribution in [-0.4, -0.2) is 19.0 Å². The van der Waals surface area contributed by atoms with Gasteiger partial charge in [0, 0.05) is 5.69 Å². The van der Waals surface area contributed by atoms with Gasteiger partial charge in [0.1, 0.15) is 0 Å². The van der Waals surface area contributed by atoms with Crippen LogP contribution in [0.2, 0.25) is 0 Å². The van der Waals surface area contributed by atoms with Crippen molar-refractivity contribution in [2.75, 3.05) is 18.4 Å². The van der Waals surface area contributed by atoms with Crippen LogP contribution in [0.15, 0.2) is 18.2 Å². The molecule has 17 heavy (non-hydrogen) atoms. The molecule has 2 N–H and O–H groups in total. The zero-order valence-corrected chi connectivity index (χ0v) is 9.96. The average molecular weight is 230 g/mol. The maximum atomic E-state index is 11.4. The first-order valence-corrected chi connectivity index (χ1v) is 6.44. The number of hydrogen-bond acceptors (Lipinski definition) is 2. The Hall–Kier alpha value is -1.35. The largest absolute Gasteiger partial charge is 0.325 e. The number of rotatable bonds is 2. The molecule has 0 bridgehead atoms. The SMILES string of the molecule is O=C1Cc2cccc(CC3CCNCC3)c2N1. The standard InChI is InChI=1S/C14H18N2O/c17-13-9-12-3-1-2-11(14(12)16-13)8-10-4-6-15-7-5-10/h1-3,10,15H,4-9H2,(H,16,17). The Labute approximate surface area is 102 Å². The smallest absolute Gasteiger partial charge is 0.228 e. The van der Waals surface area contributed by atoms with Crippen LogP contribution in [0.4, 0.5) is 5.69 Å². The summed E-state index contributed by atoms with van der Waals surface area (Å²) in [4.78, 5) is 11.4. The van der Waals surface area contributed by atoms with Crippen LogP contribution in [-0.2, 0) is 17.6 Å². The highest BCUT2D eigenvalue weighted by atomic mass is 16.1. The second kappa shape index (κ2) is 4.49. The van der Waals surface area contributed by atoms with Crippen molar-refractivity contribution < 1.29 is 4.79 Å². The van der Waals surface area contributed by atoms with Crippen molar-refractivity contribution in [2.24, 2.45) is 5.92 Å². The van der Waals surface area contributed by atoms with E-state index in [0.717, 1.165) is 31.1 Å². The third-order valence-corrected chi connectivity index (χ3v) is 3.82. The predicted octanol–water partition coefficient (Wildman–Crippen LogP) is 1.72. The summed E-state index contributed by atoms with van der Waals surface area (Å²) in [6.07, 6.45) is 4.15. The van der Waals surface area contributed by atoms with Crippen LogP contribution in [0.5, 0.6) is 0 Å². The van der Waals surface area contributed by atoms with E-state index in [1.807, 2.05) is 0 Å². The minimum Gasteiger partial charge on any atom is -0.325 e. The highest BCUT2D eigenvalue weighted by Crippen LogP contribution is 2.30. The minimum atomic E-state index is 0.137. The molecule has 2 aliphatic rings. The fraction of sp³-hybridized carbons (Fsp3) is 0.500. The summed E-state index contributed by atoms with van der Waals surface area (Å²) in [6.45, 7) is 2.26. The van der Waals surface area contributed by atoms with Gasteiger partial charge in [0.2, 0.25) is 5.91 Å². The number of amides is 1. The molecular formula is C14H18N2O. The van der Waals surface area contributed by atoms with E-state index >= 15 is 0 Å². The summed E-state index contributed by atoms with van der Waals surface area (Å²) in [7, 11) is 0. The zero-order valence-electron chi connectivity index (χ0n) is 9.96. The topological polar surface area (TPSA) is 41.1 Å². The van der Waals surface area contributed by atoms with Gasteiger partial charge in [-0.2, -0.15) is 0 Å². The Morgan fingerprint density at radius 2 is 2.06 bits per heavy atom. The summed E-state index contributed by atoms with van der Waals surface area (Å²) in [5.74, 6) is 0.901. The van der Waals surface area contributed by atoms with Gasteiger partial charge in [0.15, 0.2) is 0 Å². The van der Waals surface area contributed by atoms with E-state index in [0.29, 0.717) is 6.42 Å². The number of nitrogens with one attached hydrogen (secondary N) is 2. The third-order valence-electron chi connectivity index (χ3n) is 3.82. The van der Waals surface area contributed by atoms with E-state index in [1.165, 1.54) is 24.0 Å². The maximum absolute atomic E-state index is 11.4. The van der Waals surface area contributed by atoms with Gasteiger partial charge in [-0.25, -0.2) is 0 Å². The van der Waals surface area contributed by atoms with E-state index in [4.69, 9.17) is 0 Å². The van der Waals surface area contributed by atoms with Crippen LogP contribution in [0, 0.1) is 5.92 Å². The van der Waals surface area contributed by atoms with E-state index in [1.54, 1.807) is 0 Å². The van der Waals surface area contributed by atoms with Gasteiger partial charge in [0.05, 0.1) is 6.42 Å². The second-order valence-electron chi connectivity index (χ2n) is 5.07. The van der Waals surface area contributed by atoms with Gasteiger partial charge < -0.3 is 10.6 Å². The number of hydrogen-bond donors (Lipinski definition) is 2. The molecule has 0 saturated carbocycles. The van der Waals surface area contributed by atoms with Crippen molar-refractivity contribution >= 4 is 11.6 Å². The van der Waals surface area contributed by atoms with Crippen molar-refractivity contribution in [1.29, 1.82) is 0 Å². The van der Waals surface area contributed by atoms with E-state index < -0.39 is 0 Å². The van der Waals surface area contributed by atoms with Crippen molar-refractivity contribution in [3.8, 4) is 0 Å². The van der Waals surface area contributed by atoms with E-state index in [2.05, 4.69) is 28.8 Å². The van der Waals surface area contributed by atoms with Crippen molar-refractivity contribution in [2.45, 2.75) is 25.7 Å². The molecule has 2 aliphatic heterocycles. The Balaban J connectivity index is 1.79. The molecule has 1 fully saturated rings. The van der Waals surface area contributed by atoms with Crippen molar-refractivity contribution in [3.05, 3.63) is 29.3 Å². The lowest BCUT2D eigenvalue weighted by Crippen LogP contribution is -2.28. The maximum Gasteiger partial charge on any atom is 0.228 e. The van der Waals surface area contributed by atoms with Crippen LogP contribution >= 0.6 is 0 Å². The molecule has 3 nitrogen and oxygen atoms in total. The monoisotopic (exact) mass is 230 g/mol. The third kappa shape index (κ3) is 2.20. The lowest BCUT2D eigenvalue weighted by Gasteiger charge is -2.23. The van der Waals surface area contributed by atoms with Crippen LogP contribution < -0.4 is 10.6 Å². The summed E-state index contributed by atoms with van der Waals surface area (Å²) < 4.78 is 0. The van der Waals surface area contributed by atoms with E-state index in [-0.39, 0.29) is 5.91 Å². The van der Waals surface area contributed by atoms with Gasteiger partial charge in [-0.15, -0.1) is 0 Å². The molecule has 3 rings (SSSR count). The first-order valence-electron chi connectivity index (χ1n) is 6.44. The Kier molecular flexibility index (Phi) is 2.85. The molecule has 1 aromatic carbocycles. The summed E-state index contributed by atoms with van der Waals surface area (Å²) >= 11 is 0. The number of carbonyl (C=O) groups excluding carboxylic acids is 1. The molecule has 1 aromatic rings. The highest BCUT2D eigenvalue weighted by molar-refractivity contribution is 6.00. The molecule has 0 unspecified atom stereocenters. The molecule has 3 heteroatoms. The first kappa shape index (κ1) is 10.8. The molecule has 0 spiro atoms. The lowest BCUT2D eigenvalue weighted by atomic mass is 9.89. The fourth-order valence-electron chi connectivity index (χ4n) is 2.88. The number of fused-ring (bicyclic) bond motifs is 1. The Morgan fingerprint density at radius 3 is 2.88 bits per heavy atom.